The Kier molecular flexibility index (Phi) is 3.57. The van der Waals surface area contributed by atoms with Crippen molar-refractivity contribution in [3.05, 3.63) is 90.5 Å². The molecule has 0 unspecified atom stereocenters. The first-order valence-electron chi connectivity index (χ1n) is 6.97. The van der Waals surface area contributed by atoms with E-state index >= 15 is 0 Å². The molecule has 1 aromatic heterocycles. The van der Waals surface area contributed by atoms with Crippen LogP contribution in [-0.4, -0.2) is 4.57 Å². The third kappa shape index (κ3) is 2.23. The molecule has 0 saturated heterocycles. The fraction of sp³-hybridized carbons (Fsp3) is 0. The molecule has 0 fully saturated rings. The van der Waals surface area contributed by atoms with Crippen molar-refractivity contribution in [2.75, 3.05) is 0 Å². The smallest absolute Gasteiger partial charge is 0.0541 e. The van der Waals surface area contributed by atoms with Gasteiger partial charge < -0.3 is 4.57 Å². The molecule has 3 aromatic rings. The van der Waals surface area contributed by atoms with Crippen LogP contribution in [0.15, 0.2) is 79.9 Å². The van der Waals surface area contributed by atoms with Gasteiger partial charge in [-0.05, 0) is 24.3 Å². The molecule has 0 aliphatic heterocycles. The molecule has 21 heavy (non-hydrogen) atoms. The lowest BCUT2D eigenvalue weighted by atomic mass is 10.2. The highest BCUT2D eigenvalue weighted by molar-refractivity contribution is 5.84. The van der Waals surface area contributed by atoms with Gasteiger partial charge >= 0.3 is 0 Å². The first-order valence-corrected chi connectivity index (χ1v) is 6.97. The maximum absolute atomic E-state index is 3.85. The lowest BCUT2D eigenvalue weighted by molar-refractivity contribution is 1.07. The van der Waals surface area contributed by atoms with E-state index in [1.807, 2.05) is 24.3 Å². The topological polar surface area (TPSA) is 4.93 Å². The Morgan fingerprint density at radius 3 is 2.14 bits per heavy atom. The molecule has 1 heteroatoms. The summed E-state index contributed by atoms with van der Waals surface area (Å²) in [6, 6.07) is 18.8. The Labute approximate surface area is 124 Å². The standard InChI is InChI=1S/C20H17N/c1-3-10-17-18-14-8-9-15-20(18)21(19(17)11-4-2)16-12-6-5-7-13-16/h3-15H,1-2H2/b17-10-,19-11+. The van der Waals surface area contributed by atoms with Crippen LogP contribution in [0.25, 0.3) is 28.7 Å². The van der Waals surface area contributed by atoms with Crippen molar-refractivity contribution in [1.29, 1.82) is 0 Å². The summed E-state index contributed by atoms with van der Waals surface area (Å²) in [6.07, 6.45) is 7.76. The van der Waals surface area contributed by atoms with Crippen molar-refractivity contribution in [3.8, 4) is 5.69 Å². The SMILES string of the molecule is C=C/C=c1\c(=C/C=C)n(-c2ccccc2)c2ccccc12. The van der Waals surface area contributed by atoms with Crippen LogP contribution in [0.2, 0.25) is 0 Å². The van der Waals surface area contributed by atoms with Gasteiger partial charge in [0.2, 0.25) is 0 Å². The quantitative estimate of drug-likeness (QED) is 0.686. The molecular formula is C20H17N. The predicted octanol–water partition coefficient (Wildman–Crippen LogP) is 3.56. The highest BCUT2D eigenvalue weighted by Gasteiger charge is 2.07. The summed E-state index contributed by atoms with van der Waals surface area (Å²) in [4.78, 5) is 0. The van der Waals surface area contributed by atoms with E-state index in [2.05, 4.69) is 72.3 Å². The molecule has 0 N–H and O–H groups in total. The van der Waals surface area contributed by atoms with Crippen molar-refractivity contribution >= 4 is 23.1 Å². The van der Waals surface area contributed by atoms with Gasteiger partial charge in [-0.2, -0.15) is 0 Å². The van der Waals surface area contributed by atoms with Gasteiger partial charge in [0, 0.05) is 16.3 Å². The zero-order chi connectivity index (χ0) is 14.7. The normalized spacial score (nSPS) is 12.8. The number of aromatic nitrogens is 1. The number of benzene rings is 2. The summed E-state index contributed by atoms with van der Waals surface area (Å²) >= 11 is 0. The summed E-state index contributed by atoms with van der Waals surface area (Å²) in [5.74, 6) is 0. The number of para-hydroxylation sites is 2. The summed E-state index contributed by atoms with van der Waals surface area (Å²) < 4.78 is 2.26. The number of allylic oxidation sites excluding steroid dienone is 2. The van der Waals surface area contributed by atoms with Crippen LogP contribution in [-0.2, 0) is 0 Å². The first-order chi connectivity index (χ1) is 10.4. The lowest BCUT2D eigenvalue weighted by Gasteiger charge is -2.05. The van der Waals surface area contributed by atoms with E-state index in [4.69, 9.17) is 0 Å². The molecule has 3 rings (SSSR count). The van der Waals surface area contributed by atoms with Crippen LogP contribution in [0.1, 0.15) is 0 Å². The Hall–Kier alpha value is -2.80. The fourth-order valence-electron chi connectivity index (χ4n) is 2.71. The number of fused-ring (bicyclic) bond motifs is 1. The maximum atomic E-state index is 3.85. The predicted molar refractivity (Wildman–Crippen MR) is 91.8 cm³/mol. The number of hydrogen-bond donors (Lipinski definition) is 0. The minimum Gasteiger partial charge on any atom is -0.309 e. The van der Waals surface area contributed by atoms with Gasteiger partial charge in [0.25, 0.3) is 0 Å². The van der Waals surface area contributed by atoms with Crippen molar-refractivity contribution in [2.45, 2.75) is 0 Å². The molecule has 0 amide bonds. The summed E-state index contributed by atoms with van der Waals surface area (Å²) in [5, 5.41) is 3.51. The fourth-order valence-corrected chi connectivity index (χ4v) is 2.71. The van der Waals surface area contributed by atoms with Gasteiger partial charge in [0.1, 0.15) is 0 Å². The van der Waals surface area contributed by atoms with Crippen molar-refractivity contribution in [2.24, 2.45) is 0 Å². The highest BCUT2D eigenvalue weighted by Crippen LogP contribution is 2.14. The molecule has 0 radical (unpaired) electrons. The van der Waals surface area contributed by atoms with Crippen LogP contribution in [0.3, 0.4) is 0 Å². The molecule has 0 saturated carbocycles. The van der Waals surface area contributed by atoms with Crippen molar-refractivity contribution in [1.82, 2.24) is 4.57 Å². The largest absolute Gasteiger partial charge is 0.309 e. The minimum atomic E-state index is 1.12. The van der Waals surface area contributed by atoms with Gasteiger partial charge in [-0.1, -0.05) is 67.8 Å². The summed E-state index contributed by atoms with van der Waals surface area (Å²) in [7, 11) is 0. The molecule has 0 spiro atoms. The number of rotatable bonds is 3. The van der Waals surface area contributed by atoms with Crippen molar-refractivity contribution in [3.63, 3.8) is 0 Å². The molecule has 102 valence electrons. The molecule has 0 bridgehead atoms. The van der Waals surface area contributed by atoms with E-state index in [-0.39, 0.29) is 0 Å². The summed E-state index contributed by atoms with van der Waals surface area (Å²) in [6.45, 7) is 7.70. The van der Waals surface area contributed by atoms with Crippen LogP contribution >= 0.6 is 0 Å². The first kappa shape index (κ1) is 13.2. The summed E-state index contributed by atoms with van der Waals surface area (Å²) in [5.41, 5.74) is 2.33. The lowest BCUT2D eigenvalue weighted by Crippen LogP contribution is -2.27. The zero-order valence-electron chi connectivity index (χ0n) is 11.9. The highest BCUT2D eigenvalue weighted by atomic mass is 15.0. The monoisotopic (exact) mass is 271 g/mol. The van der Waals surface area contributed by atoms with E-state index in [1.165, 1.54) is 16.1 Å². The third-order valence-electron chi connectivity index (χ3n) is 3.53. The molecule has 0 aliphatic carbocycles. The Balaban J connectivity index is 2.58. The molecule has 0 aliphatic rings. The average molecular weight is 271 g/mol. The average Bonchev–Trinajstić information content (AvgIpc) is 2.83. The van der Waals surface area contributed by atoms with E-state index in [0.717, 1.165) is 11.0 Å². The number of nitrogens with zero attached hydrogens (tertiary/aromatic N) is 1. The Morgan fingerprint density at radius 1 is 0.762 bits per heavy atom. The maximum Gasteiger partial charge on any atom is 0.0541 e. The molecule has 1 heterocycles. The van der Waals surface area contributed by atoms with Gasteiger partial charge in [0.15, 0.2) is 0 Å². The van der Waals surface area contributed by atoms with E-state index in [1.54, 1.807) is 0 Å². The number of hydrogen-bond acceptors (Lipinski definition) is 0. The van der Waals surface area contributed by atoms with Gasteiger partial charge in [-0.15, -0.1) is 0 Å². The van der Waals surface area contributed by atoms with Gasteiger partial charge in [-0.25, -0.2) is 0 Å². The molecule has 0 atom stereocenters. The van der Waals surface area contributed by atoms with Gasteiger partial charge in [-0.3, -0.25) is 0 Å². The molecule has 1 nitrogen and oxygen atoms in total. The minimum absolute atomic E-state index is 1.12. The third-order valence-corrected chi connectivity index (χ3v) is 3.53. The Morgan fingerprint density at radius 2 is 1.43 bits per heavy atom. The van der Waals surface area contributed by atoms with Crippen LogP contribution in [0.4, 0.5) is 0 Å². The van der Waals surface area contributed by atoms with E-state index < -0.39 is 0 Å². The second-order valence-corrected chi connectivity index (χ2v) is 4.79. The van der Waals surface area contributed by atoms with Crippen LogP contribution in [0, 0.1) is 0 Å². The zero-order valence-corrected chi connectivity index (χ0v) is 11.9. The van der Waals surface area contributed by atoms with E-state index in [0.29, 0.717) is 0 Å². The second-order valence-electron chi connectivity index (χ2n) is 4.79. The van der Waals surface area contributed by atoms with E-state index in [9.17, 15) is 0 Å². The Bertz CT molecular complexity index is 912. The second kappa shape index (κ2) is 5.68. The molecular weight excluding hydrogens is 254 g/mol. The van der Waals surface area contributed by atoms with Crippen LogP contribution < -0.4 is 10.6 Å². The van der Waals surface area contributed by atoms with Gasteiger partial charge in [0.05, 0.1) is 10.9 Å². The molecule has 2 aromatic carbocycles. The van der Waals surface area contributed by atoms with Crippen molar-refractivity contribution < 1.29 is 0 Å². The van der Waals surface area contributed by atoms with Crippen LogP contribution in [0.5, 0.6) is 0 Å².